The summed E-state index contributed by atoms with van der Waals surface area (Å²) in [5.41, 5.74) is 8.97. The standard InChI is InChI=1S/C35H39N3O4/c1-7-26-23(2)25(20-32(24(26)3)37-16-18-38(19-17-37)34(40)42-35(4,5)6)21-36-33(39)41-22-31-29-14-10-8-12-27(29)28-13-9-11-15-30(28)31/h1,8-15,20,31H,16-19,21-22H2,2-6H3,(H,36,39). The Morgan fingerprint density at radius 3 is 2.12 bits per heavy atom. The van der Waals surface area contributed by atoms with Crippen molar-refractivity contribution in [3.05, 3.63) is 88.0 Å². The van der Waals surface area contributed by atoms with E-state index >= 15 is 0 Å². The molecule has 1 aliphatic carbocycles. The van der Waals surface area contributed by atoms with E-state index in [1.165, 1.54) is 22.3 Å². The van der Waals surface area contributed by atoms with Crippen LogP contribution in [0.5, 0.6) is 0 Å². The van der Waals surface area contributed by atoms with Gasteiger partial charge in [-0.05, 0) is 79.6 Å². The minimum atomic E-state index is -0.529. The quantitative estimate of drug-likeness (QED) is 0.364. The van der Waals surface area contributed by atoms with Crippen LogP contribution in [0.4, 0.5) is 15.3 Å². The number of amides is 2. The number of hydrogen-bond donors (Lipinski definition) is 1. The number of benzene rings is 3. The predicted molar refractivity (Wildman–Crippen MR) is 166 cm³/mol. The summed E-state index contributed by atoms with van der Waals surface area (Å²) >= 11 is 0. The minimum absolute atomic E-state index is 0.00301. The number of fused-ring (bicyclic) bond motifs is 3. The summed E-state index contributed by atoms with van der Waals surface area (Å²) in [5.74, 6) is 2.85. The van der Waals surface area contributed by atoms with Crippen LogP contribution < -0.4 is 10.2 Å². The molecule has 1 aliphatic heterocycles. The lowest BCUT2D eigenvalue weighted by Crippen LogP contribution is -2.50. The van der Waals surface area contributed by atoms with Crippen LogP contribution in [0.1, 0.15) is 60.1 Å². The zero-order valence-corrected chi connectivity index (χ0v) is 25.1. The fraction of sp³-hybridized carbons (Fsp3) is 0.371. The second-order valence-corrected chi connectivity index (χ2v) is 12.0. The van der Waals surface area contributed by atoms with E-state index < -0.39 is 11.7 Å². The number of rotatable bonds is 5. The van der Waals surface area contributed by atoms with E-state index in [1.807, 2.05) is 58.9 Å². The first-order valence-electron chi connectivity index (χ1n) is 14.5. The van der Waals surface area contributed by atoms with Crippen molar-refractivity contribution in [3.63, 3.8) is 0 Å². The van der Waals surface area contributed by atoms with Gasteiger partial charge in [0.15, 0.2) is 0 Å². The SMILES string of the molecule is C#Cc1c(C)c(CNC(=O)OCC2c3ccccc3-c3ccccc32)cc(N2CCN(C(=O)OC(C)(C)C)CC2)c1C. The molecule has 1 saturated heterocycles. The molecular formula is C35H39N3O4. The Bertz CT molecular complexity index is 1500. The van der Waals surface area contributed by atoms with Crippen molar-refractivity contribution in [1.29, 1.82) is 0 Å². The highest BCUT2D eigenvalue weighted by atomic mass is 16.6. The molecule has 0 atom stereocenters. The predicted octanol–water partition coefficient (Wildman–Crippen LogP) is 6.38. The minimum Gasteiger partial charge on any atom is -0.449 e. The number of carbonyl (C=O) groups excluding carboxylic acids is 2. The molecule has 1 heterocycles. The molecule has 0 radical (unpaired) electrons. The summed E-state index contributed by atoms with van der Waals surface area (Å²) in [6, 6.07) is 18.7. The molecule has 7 nitrogen and oxygen atoms in total. The van der Waals surface area contributed by atoms with Crippen LogP contribution in [0.3, 0.4) is 0 Å². The van der Waals surface area contributed by atoms with Gasteiger partial charge in [-0.2, -0.15) is 0 Å². The van der Waals surface area contributed by atoms with Crippen LogP contribution in [0.25, 0.3) is 11.1 Å². The fourth-order valence-corrected chi connectivity index (χ4v) is 5.95. The maximum atomic E-state index is 12.9. The summed E-state index contributed by atoms with van der Waals surface area (Å²) in [5, 5.41) is 2.94. The van der Waals surface area contributed by atoms with Crippen LogP contribution >= 0.6 is 0 Å². The maximum Gasteiger partial charge on any atom is 0.410 e. The van der Waals surface area contributed by atoms with E-state index in [2.05, 4.69) is 46.5 Å². The van der Waals surface area contributed by atoms with Crippen molar-refractivity contribution < 1.29 is 19.1 Å². The molecule has 42 heavy (non-hydrogen) atoms. The number of nitrogens with zero attached hydrogens (tertiary/aromatic N) is 2. The van der Waals surface area contributed by atoms with E-state index in [4.69, 9.17) is 15.9 Å². The number of hydrogen-bond acceptors (Lipinski definition) is 5. The number of anilines is 1. The fourth-order valence-electron chi connectivity index (χ4n) is 5.95. The zero-order chi connectivity index (χ0) is 30.0. The highest BCUT2D eigenvalue weighted by molar-refractivity contribution is 5.79. The van der Waals surface area contributed by atoms with Gasteiger partial charge in [-0.3, -0.25) is 0 Å². The second-order valence-electron chi connectivity index (χ2n) is 12.0. The molecule has 0 unspecified atom stereocenters. The van der Waals surface area contributed by atoms with Gasteiger partial charge in [-0.25, -0.2) is 9.59 Å². The van der Waals surface area contributed by atoms with Crippen LogP contribution in [0.15, 0.2) is 54.6 Å². The van der Waals surface area contributed by atoms with Gasteiger partial charge in [0, 0.05) is 49.9 Å². The number of carbonyl (C=O) groups is 2. The van der Waals surface area contributed by atoms with Crippen molar-refractivity contribution in [1.82, 2.24) is 10.2 Å². The largest absolute Gasteiger partial charge is 0.449 e. The molecule has 218 valence electrons. The molecule has 7 heteroatoms. The van der Waals surface area contributed by atoms with Crippen molar-refractivity contribution in [2.75, 3.05) is 37.7 Å². The van der Waals surface area contributed by atoms with Gasteiger partial charge in [0.2, 0.25) is 0 Å². The third-order valence-electron chi connectivity index (χ3n) is 8.11. The molecule has 2 amide bonds. The van der Waals surface area contributed by atoms with Gasteiger partial charge in [-0.15, -0.1) is 6.42 Å². The highest BCUT2D eigenvalue weighted by Crippen LogP contribution is 2.44. The molecule has 5 rings (SSSR count). The first-order chi connectivity index (χ1) is 20.1. The maximum absolute atomic E-state index is 12.9. The third-order valence-corrected chi connectivity index (χ3v) is 8.11. The van der Waals surface area contributed by atoms with E-state index in [0.29, 0.717) is 32.7 Å². The number of terminal acetylenes is 1. The number of alkyl carbamates (subject to hydrolysis) is 1. The van der Waals surface area contributed by atoms with E-state index in [1.54, 1.807) is 4.90 Å². The van der Waals surface area contributed by atoms with Crippen LogP contribution in [0, 0.1) is 26.2 Å². The van der Waals surface area contributed by atoms with Crippen molar-refractivity contribution >= 4 is 17.9 Å². The summed E-state index contributed by atoms with van der Waals surface area (Å²) < 4.78 is 11.3. The second kappa shape index (κ2) is 11.8. The van der Waals surface area contributed by atoms with E-state index in [0.717, 1.165) is 27.9 Å². The van der Waals surface area contributed by atoms with Crippen molar-refractivity contribution in [2.45, 2.75) is 52.7 Å². The summed E-state index contributed by atoms with van der Waals surface area (Å²) in [6.07, 6.45) is 5.18. The third kappa shape index (κ3) is 5.94. The van der Waals surface area contributed by atoms with Gasteiger partial charge in [0.1, 0.15) is 12.2 Å². The van der Waals surface area contributed by atoms with Gasteiger partial charge in [0.25, 0.3) is 0 Å². The molecule has 0 spiro atoms. The Kier molecular flexibility index (Phi) is 8.17. The molecule has 1 N–H and O–H groups in total. The molecule has 3 aromatic rings. The van der Waals surface area contributed by atoms with E-state index in [-0.39, 0.29) is 18.6 Å². The smallest absolute Gasteiger partial charge is 0.410 e. The summed E-state index contributed by atoms with van der Waals surface area (Å²) in [6.45, 7) is 12.6. The number of nitrogens with one attached hydrogen (secondary N) is 1. The van der Waals surface area contributed by atoms with Gasteiger partial charge < -0.3 is 24.6 Å². The summed E-state index contributed by atoms with van der Waals surface area (Å²) in [4.78, 5) is 29.4. The molecule has 0 aromatic heterocycles. The Balaban J connectivity index is 1.24. The Morgan fingerprint density at radius 1 is 0.952 bits per heavy atom. The van der Waals surface area contributed by atoms with Crippen LogP contribution in [-0.4, -0.2) is 55.5 Å². The lowest BCUT2D eigenvalue weighted by molar-refractivity contribution is 0.0240. The molecule has 0 saturated carbocycles. The lowest BCUT2D eigenvalue weighted by atomic mass is 9.95. The van der Waals surface area contributed by atoms with Gasteiger partial charge >= 0.3 is 12.2 Å². The van der Waals surface area contributed by atoms with Gasteiger partial charge in [0.05, 0.1) is 0 Å². The average Bonchev–Trinajstić information content (AvgIpc) is 3.29. The highest BCUT2D eigenvalue weighted by Gasteiger charge is 2.30. The molecular weight excluding hydrogens is 526 g/mol. The Morgan fingerprint density at radius 2 is 1.55 bits per heavy atom. The molecule has 0 bridgehead atoms. The lowest BCUT2D eigenvalue weighted by Gasteiger charge is -2.38. The number of ether oxygens (including phenoxy) is 2. The van der Waals surface area contributed by atoms with Crippen molar-refractivity contribution in [3.8, 4) is 23.5 Å². The normalized spacial score (nSPS) is 14.6. The van der Waals surface area contributed by atoms with Crippen LogP contribution in [0.2, 0.25) is 0 Å². The number of piperazine rings is 1. The van der Waals surface area contributed by atoms with Crippen molar-refractivity contribution in [2.24, 2.45) is 0 Å². The van der Waals surface area contributed by atoms with Gasteiger partial charge in [-0.1, -0.05) is 54.5 Å². The summed E-state index contributed by atoms with van der Waals surface area (Å²) in [7, 11) is 0. The average molecular weight is 566 g/mol. The zero-order valence-electron chi connectivity index (χ0n) is 25.1. The molecule has 3 aromatic carbocycles. The van der Waals surface area contributed by atoms with Crippen LogP contribution in [-0.2, 0) is 16.0 Å². The van der Waals surface area contributed by atoms with E-state index in [9.17, 15) is 9.59 Å². The first-order valence-corrected chi connectivity index (χ1v) is 14.5. The Hall–Kier alpha value is -4.44. The molecule has 2 aliphatic rings. The first kappa shape index (κ1) is 29.1. The topological polar surface area (TPSA) is 71.1 Å². The Labute approximate surface area is 248 Å². The molecule has 1 fully saturated rings. The monoisotopic (exact) mass is 565 g/mol.